The Labute approximate surface area is 88.1 Å². The van der Waals surface area contributed by atoms with Crippen LogP contribution in [0.3, 0.4) is 0 Å². The predicted molar refractivity (Wildman–Crippen MR) is 59.9 cm³/mol. The minimum Gasteiger partial charge on any atom is -0.389 e. The molecule has 0 aliphatic heterocycles. The van der Waals surface area contributed by atoms with Crippen LogP contribution >= 0.6 is 12.2 Å². The first-order chi connectivity index (χ1) is 6.74. The number of benzene rings is 1. The van der Waals surface area contributed by atoms with Crippen molar-refractivity contribution in [3.63, 3.8) is 0 Å². The van der Waals surface area contributed by atoms with E-state index in [0.717, 1.165) is 17.4 Å². The van der Waals surface area contributed by atoms with Gasteiger partial charge in [0.25, 0.3) is 0 Å². The molecule has 2 N–H and O–H groups in total. The fourth-order valence-electron chi connectivity index (χ4n) is 0.913. The number of hydrogen-bond acceptors (Lipinski definition) is 2. The maximum Gasteiger partial charge on any atom is 0.131 e. The van der Waals surface area contributed by atoms with Crippen molar-refractivity contribution < 1.29 is 4.79 Å². The van der Waals surface area contributed by atoms with Gasteiger partial charge in [-0.15, -0.1) is 0 Å². The summed E-state index contributed by atoms with van der Waals surface area (Å²) >= 11 is 4.81. The second-order valence-corrected chi connectivity index (χ2v) is 3.05. The average molecular weight is 203 g/mol. The molecule has 70 valence electrons. The van der Waals surface area contributed by atoms with Crippen LogP contribution in [0.1, 0.15) is 17.5 Å². The van der Waals surface area contributed by atoms with Crippen LogP contribution in [0.25, 0.3) is 0 Å². The number of aldehydes is 1. The van der Waals surface area contributed by atoms with Crippen molar-refractivity contribution in [2.75, 3.05) is 0 Å². The van der Waals surface area contributed by atoms with E-state index in [1.165, 1.54) is 0 Å². The second kappa shape index (κ2) is 5.15. The summed E-state index contributed by atoms with van der Waals surface area (Å²) in [5.74, 6) is 5.56. The molecule has 0 fully saturated rings. The van der Waals surface area contributed by atoms with Gasteiger partial charge < -0.3 is 10.5 Å². The summed E-state index contributed by atoms with van der Waals surface area (Å²) in [6.45, 7) is 0. The zero-order chi connectivity index (χ0) is 10.4. The number of thiocarbonyl (C=S) groups is 1. The summed E-state index contributed by atoms with van der Waals surface area (Å²) in [5, 5.41) is 0. The molecule has 0 radical (unpaired) electrons. The molecular formula is C11H9NOS. The topological polar surface area (TPSA) is 43.1 Å². The Hall–Kier alpha value is -1.66. The van der Waals surface area contributed by atoms with Gasteiger partial charge in [0.15, 0.2) is 0 Å². The minimum absolute atomic E-state index is 0.261. The van der Waals surface area contributed by atoms with Crippen molar-refractivity contribution in [2.24, 2.45) is 5.73 Å². The number of rotatable bonds is 2. The zero-order valence-electron chi connectivity index (χ0n) is 7.49. The van der Waals surface area contributed by atoms with Crippen molar-refractivity contribution in [1.82, 2.24) is 0 Å². The van der Waals surface area contributed by atoms with Crippen LogP contribution in [0.2, 0.25) is 0 Å². The van der Waals surface area contributed by atoms with Crippen molar-refractivity contribution in [3.05, 3.63) is 35.4 Å². The van der Waals surface area contributed by atoms with Crippen LogP contribution in [0.5, 0.6) is 0 Å². The van der Waals surface area contributed by atoms with Gasteiger partial charge in [0.1, 0.15) is 11.3 Å². The lowest BCUT2D eigenvalue weighted by atomic mass is 10.1. The average Bonchev–Trinajstić information content (AvgIpc) is 2.19. The van der Waals surface area contributed by atoms with Crippen LogP contribution in [0, 0.1) is 11.8 Å². The van der Waals surface area contributed by atoms with Crippen molar-refractivity contribution >= 4 is 23.5 Å². The van der Waals surface area contributed by atoms with Crippen LogP contribution < -0.4 is 5.73 Å². The van der Waals surface area contributed by atoms with Gasteiger partial charge in [-0.05, 0) is 12.1 Å². The molecule has 1 aromatic rings. The summed E-state index contributed by atoms with van der Waals surface area (Å²) in [6, 6.07) is 7.28. The highest BCUT2D eigenvalue weighted by atomic mass is 32.1. The first kappa shape index (κ1) is 10.4. The lowest BCUT2D eigenvalue weighted by Crippen LogP contribution is -2.08. The van der Waals surface area contributed by atoms with Gasteiger partial charge in [-0.2, -0.15) is 0 Å². The highest BCUT2D eigenvalue weighted by Crippen LogP contribution is 2.02. The summed E-state index contributed by atoms with van der Waals surface area (Å²) in [7, 11) is 0. The van der Waals surface area contributed by atoms with Gasteiger partial charge in [0.05, 0.1) is 6.42 Å². The molecule has 0 aliphatic rings. The first-order valence-electron chi connectivity index (χ1n) is 4.06. The lowest BCUT2D eigenvalue weighted by Gasteiger charge is -1.96. The highest BCUT2D eigenvalue weighted by molar-refractivity contribution is 7.80. The van der Waals surface area contributed by atoms with Gasteiger partial charge in [0, 0.05) is 11.1 Å². The smallest absolute Gasteiger partial charge is 0.131 e. The summed E-state index contributed by atoms with van der Waals surface area (Å²) in [5.41, 5.74) is 7.11. The van der Waals surface area contributed by atoms with E-state index in [-0.39, 0.29) is 6.42 Å². The lowest BCUT2D eigenvalue weighted by molar-refractivity contribution is -0.107. The van der Waals surface area contributed by atoms with E-state index in [4.69, 9.17) is 18.0 Å². The van der Waals surface area contributed by atoms with E-state index in [0.29, 0.717) is 4.99 Å². The molecule has 0 aromatic heterocycles. The molecule has 0 spiro atoms. The van der Waals surface area contributed by atoms with Crippen LogP contribution in [-0.4, -0.2) is 11.3 Å². The molecule has 0 bridgehead atoms. The molecule has 0 amide bonds. The van der Waals surface area contributed by atoms with Gasteiger partial charge in [-0.1, -0.05) is 36.2 Å². The van der Waals surface area contributed by atoms with Crippen molar-refractivity contribution in [3.8, 4) is 11.8 Å². The highest BCUT2D eigenvalue weighted by Gasteiger charge is 1.93. The van der Waals surface area contributed by atoms with E-state index in [1.807, 2.05) is 24.3 Å². The van der Waals surface area contributed by atoms with Gasteiger partial charge >= 0.3 is 0 Å². The third-order valence-electron chi connectivity index (χ3n) is 1.59. The summed E-state index contributed by atoms with van der Waals surface area (Å²) < 4.78 is 0. The largest absolute Gasteiger partial charge is 0.389 e. The first-order valence-corrected chi connectivity index (χ1v) is 4.47. The predicted octanol–water partition coefficient (Wildman–Crippen LogP) is 1.26. The Morgan fingerprint density at radius 2 is 2.07 bits per heavy atom. The molecule has 2 nitrogen and oxygen atoms in total. The van der Waals surface area contributed by atoms with E-state index in [9.17, 15) is 4.79 Å². The van der Waals surface area contributed by atoms with Crippen LogP contribution in [0.15, 0.2) is 24.3 Å². The molecule has 0 aliphatic carbocycles. The molecular weight excluding hydrogens is 194 g/mol. The zero-order valence-corrected chi connectivity index (χ0v) is 8.30. The Balaban J connectivity index is 2.80. The standard InChI is InChI=1S/C11H9NOS/c12-11(14)10-6-4-9(5-7-10)3-1-2-8-13/h4-8H,2H2,(H2,12,14). The summed E-state index contributed by atoms with van der Waals surface area (Å²) in [4.78, 5) is 10.4. The van der Waals surface area contributed by atoms with Gasteiger partial charge in [-0.3, -0.25) is 0 Å². The Morgan fingerprint density at radius 3 is 2.57 bits per heavy atom. The molecule has 1 aromatic carbocycles. The molecule has 0 heterocycles. The minimum atomic E-state index is 0.261. The SMILES string of the molecule is NC(=S)c1ccc(C#CCC=O)cc1. The molecule has 0 saturated carbocycles. The summed E-state index contributed by atoms with van der Waals surface area (Å²) in [6.07, 6.45) is 1.04. The number of hydrogen-bond donors (Lipinski definition) is 1. The normalized spacial score (nSPS) is 8.57. The van der Waals surface area contributed by atoms with E-state index in [1.54, 1.807) is 0 Å². The third-order valence-corrected chi connectivity index (χ3v) is 1.82. The third kappa shape index (κ3) is 3.00. The fourth-order valence-corrected chi connectivity index (χ4v) is 1.05. The molecule has 0 unspecified atom stereocenters. The number of carbonyl (C=O) groups is 1. The Bertz CT molecular complexity index is 398. The van der Waals surface area contributed by atoms with Crippen molar-refractivity contribution in [2.45, 2.75) is 6.42 Å². The van der Waals surface area contributed by atoms with Crippen molar-refractivity contribution in [1.29, 1.82) is 0 Å². The Kier molecular flexibility index (Phi) is 3.84. The van der Waals surface area contributed by atoms with E-state index >= 15 is 0 Å². The fraction of sp³-hybridized carbons (Fsp3) is 0.0909. The van der Waals surface area contributed by atoms with E-state index in [2.05, 4.69) is 11.8 Å². The maximum absolute atomic E-state index is 10.0. The number of carbonyl (C=O) groups excluding carboxylic acids is 1. The molecule has 0 saturated heterocycles. The second-order valence-electron chi connectivity index (χ2n) is 2.61. The molecule has 14 heavy (non-hydrogen) atoms. The van der Waals surface area contributed by atoms with Gasteiger partial charge in [-0.25, -0.2) is 0 Å². The van der Waals surface area contributed by atoms with Crippen LogP contribution in [-0.2, 0) is 4.79 Å². The quantitative estimate of drug-likeness (QED) is 0.447. The van der Waals surface area contributed by atoms with E-state index < -0.39 is 0 Å². The molecule has 1 rings (SSSR count). The van der Waals surface area contributed by atoms with Crippen LogP contribution in [0.4, 0.5) is 0 Å². The molecule has 0 atom stereocenters. The monoisotopic (exact) mass is 203 g/mol. The maximum atomic E-state index is 10.0. The Morgan fingerprint density at radius 1 is 1.43 bits per heavy atom. The number of nitrogens with two attached hydrogens (primary N) is 1. The van der Waals surface area contributed by atoms with Gasteiger partial charge in [0.2, 0.25) is 0 Å². The molecule has 3 heteroatoms.